The normalized spacial score (nSPS) is 19.1. The third-order valence-electron chi connectivity index (χ3n) is 3.75. The van der Waals surface area contributed by atoms with Gasteiger partial charge in [-0.3, -0.25) is 4.79 Å². The lowest BCUT2D eigenvalue weighted by molar-refractivity contribution is 0.0743. The Bertz CT molecular complexity index is 488. The highest BCUT2D eigenvalue weighted by Crippen LogP contribution is 2.36. The van der Waals surface area contributed by atoms with Crippen molar-refractivity contribution < 1.29 is 4.79 Å². The van der Waals surface area contributed by atoms with Crippen LogP contribution in [0.1, 0.15) is 36.0 Å². The molecule has 2 nitrogen and oxygen atoms in total. The van der Waals surface area contributed by atoms with Crippen molar-refractivity contribution in [1.29, 1.82) is 0 Å². The van der Waals surface area contributed by atoms with Gasteiger partial charge in [0.2, 0.25) is 0 Å². The van der Waals surface area contributed by atoms with Crippen LogP contribution >= 0.6 is 15.9 Å². The molecule has 0 unspecified atom stereocenters. The average Bonchev–Trinajstić information content (AvgIpc) is 3.23. The predicted octanol–water partition coefficient (Wildman–Crippen LogP) is 3.78. The lowest BCUT2D eigenvalue weighted by Crippen LogP contribution is -2.36. The number of allylic oxidation sites excluding steroid dienone is 1. The van der Waals surface area contributed by atoms with E-state index in [2.05, 4.69) is 15.9 Å². The van der Waals surface area contributed by atoms with E-state index in [0.29, 0.717) is 0 Å². The molecule has 1 heterocycles. The molecule has 3 rings (SSSR count). The van der Waals surface area contributed by atoms with Gasteiger partial charge in [0.25, 0.3) is 5.91 Å². The maximum Gasteiger partial charge on any atom is 0.253 e. The van der Waals surface area contributed by atoms with Crippen LogP contribution in [-0.4, -0.2) is 23.9 Å². The van der Waals surface area contributed by atoms with Crippen LogP contribution in [0.2, 0.25) is 0 Å². The molecule has 0 spiro atoms. The van der Waals surface area contributed by atoms with Crippen LogP contribution < -0.4 is 0 Å². The van der Waals surface area contributed by atoms with Crippen molar-refractivity contribution in [2.75, 3.05) is 13.1 Å². The molecular formula is C15H16BrNO. The van der Waals surface area contributed by atoms with E-state index in [0.717, 1.165) is 36.0 Å². The second-order valence-electron chi connectivity index (χ2n) is 5.01. The number of carbonyl (C=O) groups is 1. The number of hydrogen-bond donors (Lipinski definition) is 0. The summed E-state index contributed by atoms with van der Waals surface area (Å²) in [7, 11) is 0. The molecule has 0 N–H and O–H groups in total. The van der Waals surface area contributed by atoms with Gasteiger partial charge in [-0.25, -0.2) is 0 Å². The van der Waals surface area contributed by atoms with Crippen LogP contribution in [0.15, 0.2) is 39.9 Å². The van der Waals surface area contributed by atoms with Gasteiger partial charge in [-0.05, 0) is 49.9 Å². The maximum absolute atomic E-state index is 12.3. The Balaban J connectivity index is 1.67. The molecule has 1 saturated carbocycles. The standard InChI is InChI=1S/C15H16BrNO/c16-14-5-3-13(4-6-14)15(18)17-9-7-12(8-10-17)11-1-2-11/h3-6H,1-2,7-10H2. The second kappa shape index (κ2) is 4.88. The average molecular weight is 306 g/mol. The van der Waals surface area contributed by atoms with Crippen molar-refractivity contribution in [2.45, 2.75) is 25.7 Å². The minimum atomic E-state index is 0.169. The molecule has 0 radical (unpaired) electrons. The summed E-state index contributed by atoms with van der Waals surface area (Å²) in [4.78, 5) is 14.3. The van der Waals surface area contributed by atoms with Gasteiger partial charge >= 0.3 is 0 Å². The molecule has 1 aromatic rings. The molecule has 1 aromatic carbocycles. The van der Waals surface area contributed by atoms with Crippen LogP contribution in [0.4, 0.5) is 0 Å². The fraction of sp³-hybridized carbons (Fsp3) is 0.400. The number of benzene rings is 1. The molecule has 1 saturated heterocycles. The van der Waals surface area contributed by atoms with Gasteiger partial charge in [0, 0.05) is 23.1 Å². The van der Waals surface area contributed by atoms with Crippen molar-refractivity contribution in [3.63, 3.8) is 0 Å². The molecular weight excluding hydrogens is 290 g/mol. The Morgan fingerprint density at radius 1 is 0.944 bits per heavy atom. The monoisotopic (exact) mass is 305 g/mol. The molecule has 1 amide bonds. The maximum atomic E-state index is 12.3. The van der Waals surface area contributed by atoms with E-state index in [9.17, 15) is 4.79 Å². The van der Waals surface area contributed by atoms with Crippen LogP contribution in [0.3, 0.4) is 0 Å². The lowest BCUT2D eigenvalue weighted by atomic mass is 10.0. The molecule has 0 bridgehead atoms. The third-order valence-corrected chi connectivity index (χ3v) is 4.27. The van der Waals surface area contributed by atoms with Gasteiger partial charge in [-0.1, -0.05) is 27.1 Å². The van der Waals surface area contributed by atoms with Crippen molar-refractivity contribution in [2.24, 2.45) is 0 Å². The van der Waals surface area contributed by atoms with Crippen LogP contribution in [0.5, 0.6) is 0 Å². The number of amides is 1. The van der Waals surface area contributed by atoms with Crippen molar-refractivity contribution >= 4 is 21.8 Å². The van der Waals surface area contributed by atoms with Gasteiger partial charge in [-0.15, -0.1) is 0 Å². The van der Waals surface area contributed by atoms with Gasteiger partial charge < -0.3 is 4.90 Å². The topological polar surface area (TPSA) is 20.3 Å². The first-order valence-corrected chi connectivity index (χ1v) is 7.28. The number of carbonyl (C=O) groups excluding carboxylic acids is 1. The van der Waals surface area contributed by atoms with E-state index < -0.39 is 0 Å². The van der Waals surface area contributed by atoms with Crippen molar-refractivity contribution in [3.05, 3.63) is 45.4 Å². The molecule has 1 aliphatic heterocycles. The van der Waals surface area contributed by atoms with Crippen LogP contribution in [0.25, 0.3) is 0 Å². The smallest absolute Gasteiger partial charge is 0.253 e. The lowest BCUT2D eigenvalue weighted by Gasteiger charge is -2.28. The fourth-order valence-corrected chi connectivity index (χ4v) is 2.79. The number of rotatable bonds is 1. The summed E-state index contributed by atoms with van der Waals surface area (Å²) >= 11 is 3.39. The molecule has 1 aliphatic carbocycles. The van der Waals surface area contributed by atoms with E-state index in [1.54, 1.807) is 11.1 Å². The summed E-state index contributed by atoms with van der Waals surface area (Å²) in [5.41, 5.74) is 4.07. The minimum Gasteiger partial charge on any atom is -0.338 e. The summed E-state index contributed by atoms with van der Waals surface area (Å²) < 4.78 is 1.01. The zero-order chi connectivity index (χ0) is 12.5. The number of likely N-dealkylation sites (tertiary alicyclic amines) is 1. The first kappa shape index (κ1) is 12.0. The third kappa shape index (κ3) is 2.51. The molecule has 2 aliphatic rings. The largest absolute Gasteiger partial charge is 0.338 e. The highest BCUT2D eigenvalue weighted by Gasteiger charge is 2.24. The summed E-state index contributed by atoms with van der Waals surface area (Å²) in [6, 6.07) is 7.63. The first-order valence-electron chi connectivity index (χ1n) is 6.48. The zero-order valence-corrected chi connectivity index (χ0v) is 11.9. The van der Waals surface area contributed by atoms with Crippen molar-refractivity contribution in [3.8, 4) is 0 Å². The number of halogens is 1. The van der Waals surface area contributed by atoms with Gasteiger partial charge in [0.05, 0.1) is 0 Å². The van der Waals surface area contributed by atoms with Gasteiger partial charge in [0.1, 0.15) is 0 Å². The molecule has 3 heteroatoms. The SMILES string of the molecule is O=C(c1ccc(Br)cc1)N1CCC(=C2CC2)CC1. The molecule has 94 valence electrons. The highest BCUT2D eigenvalue weighted by molar-refractivity contribution is 9.10. The summed E-state index contributed by atoms with van der Waals surface area (Å²) in [5.74, 6) is 0.169. The Morgan fingerprint density at radius 2 is 1.50 bits per heavy atom. The van der Waals surface area contributed by atoms with Crippen molar-refractivity contribution in [1.82, 2.24) is 4.90 Å². The zero-order valence-electron chi connectivity index (χ0n) is 10.3. The van der Waals surface area contributed by atoms with E-state index in [4.69, 9.17) is 0 Å². The predicted molar refractivity (Wildman–Crippen MR) is 75.5 cm³/mol. The number of nitrogens with zero attached hydrogens (tertiary/aromatic N) is 1. The van der Waals surface area contributed by atoms with Gasteiger partial charge in [0.15, 0.2) is 0 Å². The summed E-state index contributed by atoms with van der Waals surface area (Å²) in [6.07, 6.45) is 4.77. The number of piperidine rings is 1. The van der Waals surface area contributed by atoms with Crippen LogP contribution in [0, 0.1) is 0 Å². The van der Waals surface area contributed by atoms with Crippen LogP contribution in [-0.2, 0) is 0 Å². The van der Waals surface area contributed by atoms with Gasteiger partial charge in [-0.2, -0.15) is 0 Å². The molecule has 18 heavy (non-hydrogen) atoms. The van der Waals surface area contributed by atoms with E-state index in [-0.39, 0.29) is 5.91 Å². The quantitative estimate of drug-likeness (QED) is 0.723. The van der Waals surface area contributed by atoms with E-state index >= 15 is 0 Å². The fourth-order valence-electron chi connectivity index (χ4n) is 2.52. The second-order valence-corrected chi connectivity index (χ2v) is 5.92. The Kier molecular flexibility index (Phi) is 3.25. The highest BCUT2D eigenvalue weighted by atomic mass is 79.9. The molecule has 0 atom stereocenters. The summed E-state index contributed by atoms with van der Waals surface area (Å²) in [6.45, 7) is 1.77. The first-order chi connectivity index (χ1) is 8.74. The molecule has 2 fully saturated rings. The van der Waals surface area contributed by atoms with E-state index in [1.807, 2.05) is 29.2 Å². The number of hydrogen-bond acceptors (Lipinski definition) is 1. The summed E-state index contributed by atoms with van der Waals surface area (Å²) in [5, 5.41) is 0. The minimum absolute atomic E-state index is 0.169. The molecule has 0 aromatic heterocycles. The van der Waals surface area contributed by atoms with E-state index in [1.165, 1.54) is 12.8 Å². The Hall–Kier alpha value is -1.09. The Morgan fingerprint density at radius 3 is 2.06 bits per heavy atom. The Labute approximate surface area is 116 Å².